The fraction of sp³-hybridized carbons (Fsp3) is 0.304. The lowest BCUT2D eigenvalue weighted by atomic mass is 9.75. The number of carbonyl (C=O) groups excluding carboxylic acids is 2. The highest BCUT2D eigenvalue weighted by molar-refractivity contribution is 6.33. The molecule has 0 spiro atoms. The molecule has 4 nitrogen and oxygen atoms in total. The quantitative estimate of drug-likeness (QED) is 0.605. The van der Waals surface area contributed by atoms with Crippen LogP contribution in [0.25, 0.3) is 0 Å². The molecular formula is C23H22ClNO3. The van der Waals surface area contributed by atoms with Crippen LogP contribution in [-0.2, 0) is 22.5 Å². The number of benzene rings is 2. The average molecular weight is 396 g/mol. The summed E-state index contributed by atoms with van der Waals surface area (Å²) in [6, 6.07) is 15.1. The van der Waals surface area contributed by atoms with Crippen LogP contribution in [0.1, 0.15) is 34.3 Å². The highest BCUT2D eigenvalue weighted by Gasteiger charge is 2.55. The van der Waals surface area contributed by atoms with Gasteiger partial charge >= 0.3 is 5.97 Å². The molecule has 2 atom stereocenters. The van der Waals surface area contributed by atoms with E-state index in [2.05, 4.69) is 11.9 Å². The molecular weight excluding hydrogens is 374 g/mol. The molecule has 0 bridgehead atoms. The van der Waals surface area contributed by atoms with E-state index in [0.29, 0.717) is 36.6 Å². The summed E-state index contributed by atoms with van der Waals surface area (Å²) in [5, 5.41) is 3.28. The Balaban J connectivity index is 1.48. The Hall–Kier alpha value is -2.59. The Bertz CT molecular complexity index is 940. The number of amides is 1. The minimum atomic E-state index is -0.530. The van der Waals surface area contributed by atoms with E-state index in [1.165, 1.54) is 0 Å². The predicted octanol–water partition coefficient (Wildman–Crippen LogP) is 4.32. The summed E-state index contributed by atoms with van der Waals surface area (Å²) in [6.07, 6.45) is 2.05. The third-order valence-corrected chi connectivity index (χ3v) is 6.11. The lowest BCUT2D eigenvalue weighted by molar-refractivity contribution is -0.146. The molecule has 1 N–H and O–H groups in total. The molecule has 2 aromatic carbocycles. The summed E-state index contributed by atoms with van der Waals surface area (Å²) in [6.45, 7) is 4.98. The normalized spacial score (nSPS) is 23.4. The molecule has 0 aromatic heterocycles. The highest BCUT2D eigenvalue weighted by atomic mass is 35.5. The minimum absolute atomic E-state index is 0.142. The topological polar surface area (TPSA) is 55.4 Å². The highest BCUT2D eigenvalue weighted by Crippen LogP contribution is 2.52. The van der Waals surface area contributed by atoms with Crippen molar-refractivity contribution >= 4 is 23.5 Å². The molecule has 1 amide bonds. The Morgan fingerprint density at radius 2 is 2.00 bits per heavy atom. The Morgan fingerprint density at radius 3 is 2.75 bits per heavy atom. The monoisotopic (exact) mass is 395 g/mol. The summed E-state index contributed by atoms with van der Waals surface area (Å²) < 4.78 is 5.33. The molecule has 2 aromatic rings. The molecule has 1 aliphatic carbocycles. The summed E-state index contributed by atoms with van der Waals surface area (Å²) >= 11 is 6.40. The molecule has 144 valence electrons. The molecule has 4 rings (SSSR count). The van der Waals surface area contributed by atoms with Gasteiger partial charge in [0, 0.05) is 12.5 Å². The van der Waals surface area contributed by atoms with E-state index in [0.717, 1.165) is 23.1 Å². The van der Waals surface area contributed by atoms with Gasteiger partial charge in [-0.1, -0.05) is 60.2 Å². The van der Waals surface area contributed by atoms with Gasteiger partial charge in [-0.15, -0.1) is 0 Å². The predicted molar refractivity (Wildman–Crippen MR) is 108 cm³/mol. The fourth-order valence-corrected chi connectivity index (χ4v) is 4.64. The van der Waals surface area contributed by atoms with Gasteiger partial charge in [0.15, 0.2) is 0 Å². The fourth-order valence-electron chi connectivity index (χ4n) is 4.35. The van der Waals surface area contributed by atoms with Gasteiger partial charge in [0.1, 0.15) is 0 Å². The van der Waals surface area contributed by atoms with Gasteiger partial charge in [0.25, 0.3) is 5.91 Å². The second-order valence-electron chi connectivity index (χ2n) is 7.74. The zero-order valence-corrected chi connectivity index (χ0v) is 16.3. The number of rotatable bonds is 5. The number of hydrogen-bond acceptors (Lipinski definition) is 3. The smallest absolute Gasteiger partial charge is 0.313 e. The lowest BCUT2D eigenvalue weighted by Crippen LogP contribution is -2.31. The maximum absolute atomic E-state index is 12.5. The number of esters is 1. The Kier molecular flexibility index (Phi) is 4.98. The van der Waals surface area contributed by atoms with E-state index in [4.69, 9.17) is 16.3 Å². The first-order chi connectivity index (χ1) is 13.5. The maximum atomic E-state index is 12.5. The summed E-state index contributed by atoms with van der Waals surface area (Å²) in [7, 11) is 0. The van der Waals surface area contributed by atoms with E-state index in [1.54, 1.807) is 12.1 Å². The van der Waals surface area contributed by atoms with Crippen LogP contribution < -0.4 is 5.32 Å². The van der Waals surface area contributed by atoms with Gasteiger partial charge in [-0.25, -0.2) is 0 Å². The van der Waals surface area contributed by atoms with Crippen LogP contribution in [0.2, 0.25) is 5.02 Å². The number of allylic oxidation sites excluding steroid dienone is 1. The zero-order chi connectivity index (χ0) is 19.7. The number of carbonyl (C=O) groups is 2. The molecule has 2 unspecified atom stereocenters. The van der Waals surface area contributed by atoms with Crippen molar-refractivity contribution in [2.45, 2.75) is 25.8 Å². The molecule has 28 heavy (non-hydrogen) atoms. The van der Waals surface area contributed by atoms with Crippen molar-refractivity contribution in [3.63, 3.8) is 0 Å². The molecule has 2 aliphatic rings. The number of hydrogen-bond donors (Lipinski definition) is 1. The van der Waals surface area contributed by atoms with Crippen LogP contribution >= 0.6 is 11.6 Å². The third-order valence-electron chi connectivity index (χ3n) is 5.80. The van der Waals surface area contributed by atoms with Gasteiger partial charge in [0.2, 0.25) is 0 Å². The van der Waals surface area contributed by atoms with E-state index >= 15 is 0 Å². The molecule has 1 saturated carbocycles. The largest absolute Gasteiger partial charge is 0.465 e. The van der Waals surface area contributed by atoms with Crippen LogP contribution in [-0.4, -0.2) is 18.5 Å². The standard InChI is InChI=1S/C23H22ClNO3/c1-15-9-18-14-28-22(27)23(18,11-15)12-17-7-8-19(20(24)10-17)21(26)25-13-16-5-3-2-4-6-16/h2-8,10,18H,1,9,11-14H2,(H,25,26). The molecule has 1 saturated heterocycles. The number of halogens is 1. The summed E-state index contributed by atoms with van der Waals surface area (Å²) in [5.41, 5.74) is 2.96. The van der Waals surface area contributed by atoms with Gasteiger partial charge in [-0.05, 0) is 42.5 Å². The third kappa shape index (κ3) is 3.45. The Labute approximate surface area is 169 Å². The van der Waals surface area contributed by atoms with Crippen LogP contribution in [0.5, 0.6) is 0 Å². The van der Waals surface area contributed by atoms with Gasteiger partial charge in [-0.3, -0.25) is 9.59 Å². The van der Waals surface area contributed by atoms with E-state index in [-0.39, 0.29) is 17.8 Å². The van der Waals surface area contributed by atoms with Crippen molar-refractivity contribution in [3.8, 4) is 0 Å². The molecule has 0 radical (unpaired) electrons. The van der Waals surface area contributed by atoms with Crippen molar-refractivity contribution < 1.29 is 14.3 Å². The van der Waals surface area contributed by atoms with Gasteiger partial charge in [0.05, 0.1) is 22.6 Å². The second kappa shape index (κ2) is 7.44. The lowest BCUT2D eigenvalue weighted by Gasteiger charge is -2.24. The van der Waals surface area contributed by atoms with Crippen LogP contribution in [0, 0.1) is 11.3 Å². The number of ether oxygens (including phenoxy) is 1. The number of fused-ring (bicyclic) bond motifs is 1. The SMILES string of the molecule is C=C1CC2COC(=O)C2(Cc2ccc(C(=O)NCc3ccccc3)c(Cl)c2)C1. The zero-order valence-electron chi connectivity index (χ0n) is 15.5. The van der Waals surface area contributed by atoms with Crippen molar-refractivity contribution in [1.82, 2.24) is 5.32 Å². The van der Waals surface area contributed by atoms with Crippen molar-refractivity contribution in [2.24, 2.45) is 11.3 Å². The molecule has 2 fully saturated rings. The molecule has 5 heteroatoms. The van der Waals surface area contributed by atoms with Crippen LogP contribution in [0.4, 0.5) is 0 Å². The first-order valence-electron chi connectivity index (χ1n) is 9.42. The number of cyclic esters (lactones) is 1. The van der Waals surface area contributed by atoms with Crippen molar-refractivity contribution in [2.75, 3.05) is 6.61 Å². The van der Waals surface area contributed by atoms with E-state index in [1.807, 2.05) is 36.4 Å². The number of nitrogens with one attached hydrogen (secondary N) is 1. The summed E-state index contributed by atoms with van der Waals surface area (Å²) in [4.78, 5) is 24.9. The van der Waals surface area contributed by atoms with Gasteiger partial charge < -0.3 is 10.1 Å². The first-order valence-corrected chi connectivity index (χ1v) is 9.80. The van der Waals surface area contributed by atoms with Crippen molar-refractivity contribution in [3.05, 3.63) is 82.4 Å². The van der Waals surface area contributed by atoms with E-state index < -0.39 is 5.41 Å². The van der Waals surface area contributed by atoms with Gasteiger partial charge in [-0.2, -0.15) is 0 Å². The maximum Gasteiger partial charge on any atom is 0.313 e. The van der Waals surface area contributed by atoms with Crippen molar-refractivity contribution in [1.29, 1.82) is 0 Å². The van der Waals surface area contributed by atoms with E-state index in [9.17, 15) is 9.59 Å². The van der Waals surface area contributed by atoms with Crippen LogP contribution in [0.15, 0.2) is 60.7 Å². The average Bonchev–Trinajstić information content (AvgIpc) is 3.15. The van der Waals surface area contributed by atoms with Crippen LogP contribution in [0.3, 0.4) is 0 Å². The summed E-state index contributed by atoms with van der Waals surface area (Å²) in [5.74, 6) is -0.178. The first kappa shape index (κ1) is 18.8. The minimum Gasteiger partial charge on any atom is -0.465 e. The second-order valence-corrected chi connectivity index (χ2v) is 8.15. The molecule has 1 aliphatic heterocycles. The Morgan fingerprint density at radius 1 is 1.21 bits per heavy atom. The molecule has 1 heterocycles.